The van der Waals surface area contributed by atoms with E-state index in [1.165, 1.54) is 0 Å². The van der Waals surface area contributed by atoms with Gasteiger partial charge in [-0.05, 0) is 0 Å². The van der Waals surface area contributed by atoms with Crippen LogP contribution in [0.25, 0.3) is 0 Å². The average molecular weight is 196 g/mol. The zero-order chi connectivity index (χ0) is 4.50. The molecule has 0 bridgehead atoms. The SMILES string of the molecule is O=S(=O)([O-])O.[NH4+].[O-2].[Zn+2]. The second-order valence-electron chi connectivity index (χ2n) is 0.428. The van der Waals surface area contributed by atoms with Crippen LogP contribution in [0.4, 0.5) is 0 Å². The fourth-order valence-electron chi connectivity index (χ4n) is 0. The Morgan fingerprint density at radius 3 is 1.38 bits per heavy atom. The van der Waals surface area contributed by atoms with E-state index in [0.717, 1.165) is 0 Å². The molecule has 0 unspecified atom stereocenters. The molecule has 0 aliphatic heterocycles. The molecule has 48 valence electrons. The van der Waals surface area contributed by atoms with Gasteiger partial charge in [0, 0.05) is 0 Å². The van der Waals surface area contributed by atoms with Crippen molar-refractivity contribution in [3.8, 4) is 0 Å². The third-order valence-corrected chi connectivity index (χ3v) is 0. The monoisotopic (exact) mass is 195 g/mol. The van der Waals surface area contributed by atoms with Crippen LogP contribution in [0, 0.1) is 0 Å². The molecule has 0 saturated carbocycles. The predicted molar refractivity (Wildman–Crippen MR) is 19.0 cm³/mol. The molecule has 0 heterocycles. The normalized spacial score (nSPS) is 7.25. The molecule has 0 aliphatic rings. The maximum absolute atomic E-state index is 8.63. The Kier molecular flexibility index (Phi) is 22.0. The summed E-state index contributed by atoms with van der Waals surface area (Å²) < 4.78 is 32.8. The summed E-state index contributed by atoms with van der Waals surface area (Å²) in [6, 6.07) is 0. The Morgan fingerprint density at radius 1 is 1.38 bits per heavy atom. The van der Waals surface area contributed by atoms with Crippen LogP contribution < -0.4 is 6.15 Å². The van der Waals surface area contributed by atoms with Gasteiger partial charge in [-0.25, -0.2) is 8.42 Å². The Hall–Kier alpha value is 0.413. The van der Waals surface area contributed by atoms with Crippen LogP contribution in [0.2, 0.25) is 0 Å². The van der Waals surface area contributed by atoms with Crippen molar-refractivity contribution in [1.29, 1.82) is 0 Å². The van der Waals surface area contributed by atoms with Crippen LogP contribution >= 0.6 is 0 Å². The van der Waals surface area contributed by atoms with E-state index in [1.54, 1.807) is 0 Å². The topological polar surface area (TPSA) is 142 Å². The van der Waals surface area contributed by atoms with Crippen LogP contribution in [-0.4, -0.2) is 17.5 Å². The molecular weight excluding hydrogens is 191 g/mol. The minimum atomic E-state index is -4.92. The molecule has 0 spiro atoms. The Balaban J connectivity index is -0.0000000267. The van der Waals surface area contributed by atoms with Crippen LogP contribution in [0.15, 0.2) is 0 Å². The van der Waals surface area contributed by atoms with Gasteiger partial charge in [0.15, 0.2) is 0 Å². The zero-order valence-electron chi connectivity index (χ0n) is 4.20. The van der Waals surface area contributed by atoms with E-state index in [2.05, 4.69) is 0 Å². The zero-order valence-corrected chi connectivity index (χ0v) is 7.98. The standard InChI is InChI=1S/H3N.H2O4S.O.Zn/c;1-5(2,3)4;;/h1H3;(H2,1,2,3,4);;/q;;-2;+2. The largest absolute Gasteiger partial charge is 2.00 e. The molecule has 0 aromatic heterocycles. The van der Waals surface area contributed by atoms with E-state index >= 15 is 0 Å². The summed E-state index contributed by atoms with van der Waals surface area (Å²) in [7, 11) is -4.92. The maximum Gasteiger partial charge on any atom is 2.00 e. The molecule has 0 amide bonds. The fourth-order valence-corrected chi connectivity index (χ4v) is 0. The minimum Gasteiger partial charge on any atom is -2.00 e. The van der Waals surface area contributed by atoms with E-state index in [-0.39, 0.29) is 31.1 Å². The third kappa shape index (κ3) is 1100. The Bertz CT molecular complexity index is 95.6. The van der Waals surface area contributed by atoms with Gasteiger partial charge in [0.25, 0.3) is 0 Å². The first-order chi connectivity index (χ1) is 2.00. The van der Waals surface area contributed by atoms with Gasteiger partial charge in [0.1, 0.15) is 0 Å². The van der Waals surface area contributed by atoms with Crippen molar-refractivity contribution >= 4 is 10.4 Å². The molecule has 0 saturated heterocycles. The smallest absolute Gasteiger partial charge is 2.00 e. The van der Waals surface area contributed by atoms with Gasteiger partial charge >= 0.3 is 19.5 Å². The second-order valence-corrected chi connectivity index (χ2v) is 1.28. The van der Waals surface area contributed by atoms with Gasteiger partial charge in [-0.1, -0.05) is 0 Å². The molecule has 0 atom stereocenters. The summed E-state index contributed by atoms with van der Waals surface area (Å²) in [5.74, 6) is 0. The predicted octanol–water partition coefficient (Wildman–Crippen LogP) is -0.740. The van der Waals surface area contributed by atoms with Crippen molar-refractivity contribution < 1.29 is 42.5 Å². The summed E-state index contributed by atoms with van der Waals surface area (Å²) in [6.07, 6.45) is 0. The number of hydrogen-bond acceptors (Lipinski definition) is 3. The second kappa shape index (κ2) is 7.41. The van der Waals surface area contributed by atoms with Crippen LogP contribution in [0.3, 0.4) is 0 Å². The van der Waals surface area contributed by atoms with Crippen molar-refractivity contribution in [3.63, 3.8) is 0 Å². The molecule has 8 heteroatoms. The average Bonchev–Trinajstić information content (AvgIpc) is 0.722. The first-order valence-corrected chi connectivity index (χ1v) is 2.05. The van der Waals surface area contributed by atoms with Gasteiger partial charge < -0.3 is 16.2 Å². The van der Waals surface area contributed by atoms with E-state index < -0.39 is 10.4 Å². The number of quaternary nitrogens is 1. The maximum atomic E-state index is 8.63. The summed E-state index contributed by atoms with van der Waals surface area (Å²) in [5, 5.41) is 0. The summed E-state index contributed by atoms with van der Waals surface area (Å²) in [5.41, 5.74) is 0. The van der Waals surface area contributed by atoms with Crippen molar-refractivity contribution in [2.75, 3.05) is 0 Å². The fraction of sp³-hybridized carbons (Fsp3) is 0. The van der Waals surface area contributed by atoms with Gasteiger partial charge in [-0.3, -0.25) is 4.55 Å². The number of hydrogen-bond donors (Lipinski definition) is 2. The van der Waals surface area contributed by atoms with Crippen molar-refractivity contribution in [2.45, 2.75) is 0 Å². The summed E-state index contributed by atoms with van der Waals surface area (Å²) in [4.78, 5) is 0. The van der Waals surface area contributed by atoms with Gasteiger partial charge in [0.05, 0.1) is 0 Å². The van der Waals surface area contributed by atoms with Gasteiger partial charge in [-0.2, -0.15) is 0 Å². The van der Waals surface area contributed by atoms with Crippen LogP contribution in [0.1, 0.15) is 0 Å². The molecule has 0 aliphatic carbocycles. The van der Waals surface area contributed by atoms with Crippen molar-refractivity contribution in [3.05, 3.63) is 0 Å². The van der Waals surface area contributed by atoms with Gasteiger partial charge in [-0.15, -0.1) is 0 Å². The van der Waals surface area contributed by atoms with Crippen LogP contribution in [-0.2, 0) is 35.4 Å². The third-order valence-electron chi connectivity index (χ3n) is 0. The van der Waals surface area contributed by atoms with E-state index in [9.17, 15) is 0 Å². The van der Waals surface area contributed by atoms with Gasteiger partial charge in [0.2, 0.25) is 10.4 Å². The molecule has 8 heavy (non-hydrogen) atoms. The van der Waals surface area contributed by atoms with E-state index in [4.69, 9.17) is 17.5 Å². The first-order valence-electron chi connectivity index (χ1n) is 0.683. The quantitative estimate of drug-likeness (QED) is 0.299. The Labute approximate surface area is 59.5 Å². The molecule has 0 aromatic carbocycles. The minimum absolute atomic E-state index is 0. The molecule has 6 nitrogen and oxygen atoms in total. The summed E-state index contributed by atoms with van der Waals surface area (Å²) in [6.45, 7) is 0. The molecule has 0 aromatic rings. The molecule has 0 radical (unpaired) electrons. The van der Waals surface area contributed by atoms with E-state index in [0.29, 0.717) is 0 Å². The van der Waals surface area contributed by atoms with Crippen molar-refractivity contribution in [1.82, 2.24) is 6.15 Å². The molecular formula is H5NO5SZn. The molecule has 0 rings (SSSR count). The van der Waals surface area contributed by atoms with E-state index in [1.807, 2.05) is 0 Å². The molecule has 0 fully saturated rings. The number of rotatable bonds is 0. The van der Waals surface area contributed by atoms with Crippen LogP contribution in [0.5, 0.6) is 0 Å². The summed E-state index contributed by atoms with van der Waals surface area (Å²) >= 11 is 0. The Morgan fingerprint density at radius 2 is 1.38 bits per heavy atom. The first kappa shape index (κ1) is 23.7. The molecule has 5 N–H and O–H groups in total. The van der Waals surface area contributed by atoms with Crippen molar-refractivity contribution in [2.24, 2.45) is 0 Å².